The highest BCUT2D eigenvalue weighted by molar-refractivity contribution is 7.92. The van der Waals surface area contributed by atoms with Crippen LogP contribution in [-0.4, -0.2) is 46.0 Å². The van der Waals surface area contributed by atoms with Gasteiger partial charge in [0.15, 0.2) is 5.03 Å². The number of amides is 2. The summed E-state index contributed by atoms with van der Waals surface area (Å²) >= 11 is 0. The topological polar surface area (TPSA) is 135 Å². The maximum Gasteiger partial charge on any atom is 0.412 e. The minimum absolute atomic E-state index is 0.108. The fourth-order valence-corrected chi connectivity index (χ4v) is 6.45. The van der Waals surface area contributed by atoms with Crippen LogP contribution in [-0.2, 0) is 25.9 Å². The Morgan fingerprint density at radius 2 is 1.60 bits per heavy atom. The van der Waals surface area contributed by atoms with Crippen LogP contribution in [0.3, 0.4) is 0 Å². The van der Waals surface area contributed by atoms with E-state index in [0.29, 0.717) is 29.2 Å². The first-order valence-corrected chi connectivity index (χ1v) is 20.4. The van der Waals surface area contributed by atoms with Gasteiger partial charge in [-0.15, -0.1) is 0 Å². The number of carbonyl (C=O) groups excluding carboxylic acids is 2. The molecule has 10 nitrogen and oxygen atoms in total. The zero-order chi connectivity index (χ0) is 34.6. The van der Waals surface area contributed by atoms with Gasteiger partial charge in [0, 0.05) is 26.4 Å². The van der Waals surface area contributed by atoms with Crippen molar-refractivity contribution < 1.29 is 27.7 Å². The number of ether oxygens (including phenoxy) is 2. The highest BCUT2D eigenvalue weighted by atomic mass is 32.2. The standard InChI is InChI=1S/C34H42FN5O5SSi/c1-23-37-31(21-40(23)22-44-18-19-47(5,6)7)46(36,43)28-15-10-25(11-16-28)32(41)38-30-20-26(24-8-13-27(35)14-9-24)12-17-29(30)39-33(42)45-34(2,3)4/h8-17,20-21,36H,18-19,22H2,1-7H3,(H,38,41)(H,39,42). The van der Waals surface area contributed by atoms with Crippen LogP contribution >= 0.6 is 0 Å². The molecule has 0 aliphatic carbocycles. The molecule has 3 aromatic carbocycles. The first-order chi connectivity index (χ1) is 21.9. The highest BCUT2D eigenvalue weighted by Gasteiger charge is 2.21. The first-order valence-electron chi connectivity index (χ1n) is 15.1. The van der Waals surface area contributed by atoms with Crippen molar-refractivity contribution in [3.8, 4) is 11.1 Å². The molecule has 0 bridgehead atoms. The molecule has 0 aliphatic rings. The smallest absolute Gasteiger partial charge is 0.412 e. The van der Waals surface area contributed by atoms with Crippen molar-refractivity contribution in [2.45, 2.75) is 75.6 Å². The van der Waals surface area contributed by atoms with Crippen LogP contribution in [0.2, 0.25) is 25.7 Å². The molecule has 1 heterocycles. The second kappa shape index (κ2) is 14.2. The lowest BCUT2D eigenvalue weighted by atomic mass is 10.0. The van der Waals surface area contributed by atoms with E-state index in [0.717, 1.165) is 6.04 Å². The van der Waals surface area contributed by atoms with Crippen molar-refractivity contribution in [3.63, 3.8) is 0 Å². The van der Waals surface area contributed by atoms with Crippen LogP contribution in [0.25, 0.3) is 11.1 Å². The molecule has 4 rings (SSSR count). The van der Waals surface area contributed by atoms with E-state index in [4.69, 9.17) is 14.3 Å². The molecule has 3 N–H and O–H groups in total. The van der Waals surface area contributed by atoms with Crippen LogP contribution < -0.4 is 10.6 Å². The van der Waals surface area contributed by atoms with Crippen LogP contribution in [0.5, 0.6) is 0 Å². The summed E-state index contributed by atoms with van der Waals surface area (Å²) in [5.74, 6) is -0.300. The lowest BCUT2D eigenvalue weighted by Crippen LogP contribution is -2.27. The van der Waals surface area contributed by atoms with Crippen LogP contribution in [0.4, 0.5) is 20.6 Å². The van der Waals surface area contributed by atoms with E-state index in [1.165, 1.54) is 36.4 Å². The van der Waals surface area contributed by atoms with Gasteiger partial charge in [-0.2, -0.15) is 0 Å². The van der Waals surface area contributed by atoms with Gasteiger partial charge >= 0.3 is 6.09 Å². The molecule has 47 heavy (non-hydrogen) atoms. The molecule has 0 saturated carbocycles. The number of imidazole rings is 1. The zero-order valence-corrected chi connectivity index (χ0v) is 29.6. The summed E-state index contributed by atoms with van der Waals surface area (Å²) in [5, 5.41) is 5.60. The van der Waals surface area contributed by atoms with E-state index in [1.54, 1.807) is 68.8 Å². The number of nitrogens with one attached hydrogen (secondary N) is 3. The number of aromatic nitrogens is 2. The van der Waals surface area contributed by atoms with E-state index in [2.05, 4.69) is 35.3 Å². The van der Waals surface area contributed by atoms with Gasteiger partial charge in [0.2, 0.25) is 0 Å². The van der Waals surface area contributed by atoms with E-state index in [9.17, 15) is 18.2 Å². The summed E-state index contributed by atoms with van der Waals surface area (Å²) in [4.78, 5) is 30.5. The number of benzene rings is 3. The Labute approximate surface area is 276 Å². The molecular formula is C34H42FN5O5SSi. The van der Waals surface area contributed by atoms with Gasteiger partial charge < -0.3 is 19.4 Å². The summed E-state index contributed by atoms with van der Waals surface area (Å²) in [6.45, 7) is 14.7. The zero-order valence-electron chi connectivity index (χ0n) is 27.8. The lowest BCUT2D eigenvalue weighted by Gasteiger charge is -2.21. The second-order valence-corrected chi connectivity index (χ2v) is 21.0. The third kappa shape index (κ3) is 9.83. The van der Waals surface area contributed by atoms with Crippen molar-refractivity contribution in [1.82, 2.24) is 9.55 Å². The maximum absolute atomic E-state index is 13.6. The van der Waals surface area contributed by atoms with Crippen LogP contribution in [0, 0.1) is 17.5 Å². The van der Waals surface area contributed by atoms with E-state index < -0.39 is 35.4 Å². The van der Waals surface area contributed by atoms with Crippen LogP contribution in [0.15, 0.2) is 82.8 Å². The number of anilines is 2. The van der Waals surface area contributed by atoms with E-state index in [-0.39, 0.29) is 33.7 Å². The van der Waals surface area contributed by atoms with Crippen molar-refractivity contribution in [2.75, 3.05) is 17.2 Å². The summed E-state index contributed by atoms with van der Waals surface area (Å²) in [7, 11) is -4.71. The normalized spacial score (nSPS) is 13.1. The van der Waals surface area contributed by atoms with Gasteiger partial charge in [0.05, 0.1) is 16.3 Å². The summed E-state index contributed by atoms with van der Waals surface area (Å²) in [5.41, 5.74) is 1.45. The molecule has 1 atom stereocenters. The minimum Gasteiger partial charge on any atom is -0.444 e. The quantitative estimate of drug-likeness (QED) is 0.108. The van der Waals surface area contributed by atoms with Crippen molar-refractivity contribution in [1.29, 1.82) is 4.78 Å². The highest BCUT2D eigenvalue weighted by Crippen LogP contribution is 2.31. The summed E-state index contributed by atoms with van der Waals surface area (Å²) < 4.78 is 48.7. The van der Waals surface area contributed by atoms with Gasteiger partial charge in [0.1, 0.15) is 33.7 Å². The van der Waals surface area contributed by atoms with Crippen molar-refractivity contribution >= 4 is 41.2 Å². The third-order valence-electron chi connectivity index (χ3n) is 7.00. The van der Waals surface area contributed by atoms with E-state index >= 15 is 0 Å². The monoisotopic (exact) mass is 679 g/mol. The fraction of sp³-hybridized carbons (Fsp3) is 0.324. The number of aryl methyl sites for hydroxylation is 1. The van der Waals surface area contributed by atoms with Gasteiger partial charge in [0.25, 0.3) is 5.91 Å². The van der Waals surface area contributed by atoms with Gasteiger partial charge in [-0.1, -0.05) is 37.8 Å². The molecule has 0 spiro atoms. The number of carbonyl (C=O) groups is 2. The average molecular weight is 680 g/mol. The number of hydrogen-bond donors (Lipinski definition) is 3. The molecule has 1 aromatic heterocycles. The molecule has 0 fully saturated rings. The molecule has 13 heteroatoms. The molecule has 1 unspecified atom stereocenters. The fourth-order valence-electron chi connectivity index (χ4n) is 4.40. The predicted octanol–water partition coefficient (Wildman–Crippen LogP) is 8.37. The largest absolute Gasteiger partial charge is 0.444 e. The molecule has 2 amide bonds. The molecule has 0 saturated heterocycles. The second-order valence-electron chi connectivity index (χ2n) is 13.4. The summed E-state index contributed by atoms with van der Waals surface area (Å²) in [6.07, 6.45) is 0.875. The average Bonchev–Trinajstić information content (AvgIpc) is 3.36. The molecule has 250 valence electrons. The van der Waals surface area contributed by atoms with Crippen molar-refractivity contribution in [3.05, 3.63) is 90.1 Å². The minimum atomic E-state index is -3.47. The predicted molar refractivity (Wildman–Crippen MR) is 185 cm³/mol. The molecular weight excluding hydrogens is 638 g/mol. The maximum atomic E-state index is 13.6. The Morgan fingerprint density at radius 1 is 0.957 bits per heavy atom. The summed E-state index contributed by atoms with van der Waals surface area (Å²) in [6, 6.07) is 17.8. The number of hydrogen-bond acceptors (Lipinski definition) is 7. The van der Waals surface area contributed by atoms with Gasteiger partial charge in [-0.3, -0.25) is 10.1 Å². The Balaban J connectivity index is 1.53. The van der Waals surface area contributed by atoms with E-state index in [1.807, 2.05) is 0 Å². The SMILES string of the molecule is Cc1nc(S(=N)(=O)c2ccc(C(=O)Nc3cc(-c4ccc(F)cc4)ccc3NC(=O)OC(C)(C)C)cc2)cn1COCC[Si](C)(C)C. The van der Waals surface area contributed by atoms with Crippen LogP contribution in [0.1, 0.15) is 37.0 Å². The third-order valence-corrected chi connectivity index (χ3v) is 10.4. The Bertz CT molecular complexity index is 1850. The van der Waals surface area contributed by atoms with Gasteiger partial charge in [-0.05, 0) is 93.4 Å². The molecule has 0 aliphatic heterocycles. The Morgan fingerprint density at radius 3 is 2.21 bits per heavy atom. The van der Waals surface area contributed by atoms with Gasteiger partial charge in [-0.25, -0.2) is 23.2 Å². The lowest BCUT2D eigenvalue weighted by molar-refractivity contribution is 0.0635. The Hall–Kier alpha value is -4.33. The molecule has 0 radical (unpaired) electrons. The number of halogens is 1. The first kappa shape index (κ1) is 35.5. The Kier molecular flexibility index (Phi) is 10.7. The number of rotatable bonds is 11. The number of nitrogens with zero attached hydrogens (tertiary/aromatic N) is 2. The molecule has 4 aromatic rings. The van der Waals surface area contributed by atoms with Crippen molar-refractivity contribution in [2.24, 2.45) is 0 Å².